The van der Waals surface area contributed by atoms with Crippen LogP contribution in [-0.4, -0.2) is 35.7 Å². The van der Waals surface area contributed by atoms with Gasteiger partial charge in [-0.15, -0.1) is 11.3 Å². The lowest BCUT2D eigenvalue weighted by Gasteiger charge is -2.31. The Bertz CT molecular complexity index is 611. The molecule has 2 rings (SSSR count). The minimum atomic E-state index is -0.0346. The number of para-hydroxylation sites is 1. The van der Waals surface area contributed by atoms with E-state index in [1.54, 1.807) is 7.05 Å². The number of amides is 1. The molecular weight excluding hydrogens is 310 g/mol. The summed E-state index contributed by atoms with van der Waals surface area (Å²) in [4.78, 5) is 18.2. The van der Waals surface area contributed by atoms with Crippen LogP contribution in [0.5, 0.6) is 0 Å². The SMILES string of the molecule is CCC(CO)N(Cc1csc(CC(=O)NC)n1)c1ccccc1. The Labute approximate surface area is 141 Å². The minimum Gasteiger partial charge on any atom is -0.394 e. The third-order valence-electron chi connectivity index (χ3n) is 3.73. The topological polar surface area (TPSA) is 65.5 Å². The van der Waals surface area contributed by atoms with Crippen molar-refractivity contribution in [1.82, 2.24) is 10.3 Å². The average Bonchev–Trinajstić information content (AvgIpc) is 3.02. The Morgan fingerprint density at radius 2 is 2.13 bits per heavy atom. The van der Waals surface area contributed by atoms with E-state index in [1.165, 1.54) is 11.3 Å². The van der Waals surface area contributed by atoms with E-state index in [2.05, 4.69) is 22.1 Å². The summed E-state index contributed by atoms with van der Waals surface area (Å²) in [5, 5.41) is 15.1. The van der Waals surface area contributed by atoms with E-state index in [9.17, 15) is 9.90 Å². The Morgan fingerprint density at radius 3 is 2.74 bits per heavy atom. The van der Waals surface area contributed by atoms with Gasteiger partial charge in [-0.05, 0) is 18.6 Å². The van der Waals surface area contributed by atoms with E-state index in [1.807, 2.05) is 35.7 Å². The molecule has 0 bridgehead atoms. The highest BCUT2D eigenvalue weighted by atomic mass is 32.1. The van der Waals surface area contributed by atoms with Crippen molar-refractivity contribution in [2.75, 3.05) is 18.6 Å². The quantitative estimate of drug-likeness (QED) is 0.777. The number of likely N-dealkylation sites (N-methyl/N-ethyl adjacent to an activating group) is 1. The summed E-state index contributed by atoms with van der Waals surface area (Å²) < 4.78 is 0. The molecule has 0 aliphatic heterocycles. The number of aliphatic hydroxyl groups is 1. The number of benzene rings is 1. The molecule has 1 heterocycles. The maximum atomic E-state index is 11.4. The van der Waals surface area contributed by atoms with Gasteiger partial charge in [-0.25, -0.2) is 4.98 Å². The first-order valence-electron chi connectivity index (χ1n) is 7.74. The Balaban J connectivity index is 2.16. The van der Waals surface area contributed by atoms with Crippen LogP contribution in [-0.2, 0) is 17.8 Å². The molecule has 124 valence electrons. The zero-order valence-corrected chi connectivity index (χ0v) is 14.3. The highest BCUT2D eigenvalue weighted by molar-refractivity contribution is 7.09. The molecule has 0 radical (unpaired) electrons. The fourth-order valence-electron chi connectivity index (χ4n) is 2.40. The summed E-state index contributed by atoms with van der Waals surface area (Å²) in [5.74, 6) is -0.0346. The highest BCUT2D eigenvalue weighted by Crippen LogP contribution is 2.22. The molecule has 23 heavy (non-hydrogen) atoms. The number of aromatic nitrogens is 1. The number of thiazole rings is 1. The zero-order chi connectivity index (χ0) is 16.7. The molecule has 6 heteroatoms. The van der Waals surface area contributed by atoms with Crippen molar-refractivity contribution < 1.29 is 9.90 Å². The monoisotopic (exact) mass is 333 g/mol. The zero-order valence-electron chi connectivity index (χ0n) is 13.5. The molecule has 1 unspecified atom stereocenters. The third-order valence-corrected chi connectivity index (χ3v) is 4.63. The van der Waals surface area contributed by atoms with Gasteiger partial charge in [0.15, 0.2) is 0 Å². The van der Waals surface area contributed by atoms with E-state index in [0.717, 1.165) is 22.8 Å². The van der Waals surface area contributed by atoms with Gasteiger partial charge in [0.25, 0.3) is 0 Å². The van der Waals surface area contributed by atoms with E-state index in [4.69, 9.17) is 0 Å². The van der Waals surface area contributed by atoms with Crippen LogP contribution in [0.4, 0.5) is 5.69 Å². The summed E-state index contributed by atoms with van der Waals surface area (Å²) in [6.07, 6.45) is 1.16. The molecule has 1 aromatic heterocycles. The molecule has 0 saturated carbocycles. The van der Waals surface area contributed by atoms with Gasteiger partial charge >= 0.3 is 0 Å². The van der Waals surface area contributed by atoms with Crippen molar-refractivity contribution in [2.45, 2.75) is 32.4 Å². The fraction of sp³-hybridized carbons (Fsp3) is 0.412. The van der Waals surface area contributed by atoms with Crippen molar-refractivity contribution in [3.8, 4) is 0 Å². The van der Waals surface area contributed by atoms with Gasteiger partial charge in [0.2, 0.25) is 5.91 Å². The van der Waals surface area contributed by atoms with Gasteiger partial charge in [0, 0.05) is 18.1 Å². The van der Waals surface area contributed by atoms with Gasteiger partial charge in [-0.3, -0.25) is 4.79 Å². The first-order chi connectivity index (χ1) is 11.2. The lowest BCUT2D eigenvalue weighted by molar-refractivity contribution is -0.119. The molecule has 0 aliphatic carbocycles. The fourth-order valence-corrected chi connectivity index (χ4v) is 3.19. The van der Waals surface area contributed by atoms with Gasteiger partial charge in [-0.1, -0.05) is 25.1 Å². The van der Waals surface area contributed by atoms with Crippen molar-refractivity contribution in [1.29, 1.82) is 0 Å². The second-order valence-electron chi connectivity index (χ2n) is 5.29. The molecule has 0 aliphatic rings. The number of nitrogens with one attached hydrogen (secondary N) is 1. The normalized spacial score (nSPS) is 12.0. The van der Waals surface area contributed by atoms with Crippen molar-refractivity contribution in [2.24, 2.45) is 0 Å². The van der Waals surface area contributed by atoms with Crippen LogP contribution in [0.25, 0.3) is 0 Å². The molecule has 0 fully saturated rings. The second kappa shape index (κ2) is 8.64. The molecule has 0 spiro atoms. The Kier molecular flexibility index (Phi) is 6.55. The van der Waals surface area contributed by atoms with Crippen molar-refractivity contribution in [3.63, 3.8) is 0 Å². The summed E-state index contributed by atoms with van der Waals surface area (Å²) >= 11 is 1.50. The smallest absolute Gasteiger partial charge is 0.226 e. The maximum absolute atomic E-state index is 11.4. The number of rotatable bonds is 8. The van der Waals surface area contributed by atoms with E-state index in [0.29, 0.717) is 13.0 Å². The Morgan fingerprint density at radius 1 is 1.39 bits per heavy atom. The molecule has 2 aromatic rings. The predicted octanol–water partition coefficient (Wildman–Crippen LogP) is 2.21. The summed E-state index contributed by atoms with van der Waals surface area (Å²) in [7, 11) is 1.63. The molecule has 1 aromatic carbocycles. The molecule has 0 saturated heterocycles. The highest BCUT2D eigenvalue weighted by Gasteiger charge is 2.18. The minimum absolute atomic E-state index is 0.0346. The number of hydrogen-bond donors (Lipinski definition) is 2. The molecule has 1 atom stereocenters. The van der Waals surface area contributed by atoms with E-state index in [-0.39, 0.29) is 18.6 Å². The van der Waals surface area contributed by atoms with Gasteiger partial charge in [0.1, 0.15) is 5.01 Å². The number of nitrogens with zero attached hydrogens (tertiary/aromatic N) is 2. The second-order valence-corrected chi connectivity index (χ2v) is 6.23. The number of aliphatic hydroxyl groups excluding tert-OH is 1. The summed E-state index contributed by atoms with van der Waals surface area (Å²) in [6, 6.07) is 10.1. The number of carbonyl (C=O) groups is 1. The van der Waals surface area contributed by atoms with Crippen LogP contribution >= 0.6 is 11.3 Å². The van der Waals surface area contributed by atoms with E-state index < -0.39 is 0 Å². The largest absolute Gasteiger partial charge is 0.394 e. The standard InChI is InChI=1S/C17H23N3O2S/c1-3-14(11-21)20(15-7-5-4-6-8-15)10-13-12-23-17(19-13)9-16(22)18-2/h4-8,12,14,21H,3,9-11H2,1-2H3,(H,18,22). The number of carbonyl (C=O) groups excluding carboxylic acids is 1. The van der Waals surface area contributed by atoms with Crippen LogP contribution in [0.15, 0.2) is 35.7 Å². The van der Waals surface area contributed by atoms with Gasteiger partial charge in [-0.2, -0.15) is 0 Å². The summed E-state index contributed by atoms with van der Waals surface area (Å²) in [5.41, 5.74) is 1.99. The van der Waals surface area contributed by atoms with Gasteiger partial charge < -0.3 is 15.3 Å². The maximum Gasteiger partial charge on any atom is 0.226 e. The third kappa shape index (κ3) is 4.77. The van der Waals surface area contributed by atoms with Crippen LogP contribution in [0.2, 0.25) is 0 Å². The first-order valence-corrected chi connectivity index (χ1v) is 8.62. The summed E-state index contributed by atoms with van der Waals surface area (Å²) in [6.45, 7) is 2.78. The van der Waals surface area contributed by atoms with Crippen molar-refractivity contribution >= 4 is 22.9 Å². The van der Waals surface area contributed by atoms with Crippen LogP contribution in [0, 0.1) is 0 Å². The van der Waals surface area contributed by atoms with E-state index >= 15 is 0 Å². The molecular formula is C17H23N3O2S. The Hall–Kier alpha value is -1.92. The first kappa shape index (κ1) is 17.4. The van der Waals surface area contributed by atoms with Crippen LogP contribution in [0.3, 0.4) is 0 Å². The van der Waals surface area contributed by atoms with Crippen molar-refractivity contribution in [3.05, 3.63) is 46.4 Å². The lowest BCUT2D eigenvalue weighted by Crippen LogP contribution is -2.37. The van der Waals surface area contributed by atoms with Crippen LogP contribution < -0.4 is 10.2 Å². The average molecular weight is 333 g/mol. The molecule has 2 N–H and O–H groups in total. The molecule has 5 nitrogen and oxygen atoms in total. The number of anilines is 1. The predicted molar refractivity (Wildman–Crippen MR) is 93.7 cm³/mol. The van der Waals surface area contributed by atoms with Gasteiger partial charge in [0.05, 0.1) is 31.3 Å². The van der Waals surface area contributed by atoms with Crippen LogP contribution in [0.1, 0.15) is 24.0 Å². The number of hydrogen-bond acceptors (Lipinski definition) is 5. The molecule has 1 amide bonds. The lowest BCUT2D eigenvalue weighted by atomic mass is 10.1.